The molecule has 1 heterocycles. The summed E-state index contributed by atoms with van der Waals surface area (Å²) in [6.45, 7) is 8.16. The molecule has 162 valence electrons. The molecule has 1 aromatic heterocycles. The summed E-state index contributed by atoms with van der Waals surface area (Å²) in [5.74, 6) is 0.925. The minimum atomic E-state index is -0.0719. The van der Waals surface area contributed by atoms with Crippen molar-refractivity contribution in [2.45, 2.75) is 32.9 Å². The van der Waals surface area contributed by atoms with E-state index in [1.165, 1.54) is 28.5 Å². The van der Waals surface area contributed by atoms with Gasteiger partial charge in [-0.05, 0) is 51.5 Å². The number of amides is 1. The van der Waals surface area contributed by atoms with Crippen LogP contribution in [0, 0.1) is 27.7 Å². The zero-order chi connectivity index (χ0) is 22.7. The molecular formula is C26H26N4OS. The Kier molecular flexibility index (Phi) is 6.42. The molecule has 0 aliphatic heterocycles. The van der Waals surface area contributed by atoms with Crippen LogP contribution in [0.15, 0.2) is 71.9 Å². The molecule has 32 heavy (non-hydrogen) atoms. The van der Waals surface area contributed by atoms with Gasteiger partial charge in [-0.15, -0.1) is 10.2 Å². The fourth-order valence-electron chi connectivity index (χ4n) is 3.45. The van der Waals surface area contributed by atoms with Crippen LogP contribution >= 0.6 is 11.8 Å². The van der Waals surface area contributed by atoms with Gasteiger partial charge in [0.2, 0.25) is 5.91 Å². The first-order chi connectivity index (χ1) is 15.4. The topological polar surface area (TPSA) is 59.8 Å². The van der Waals surface area contributed by atoms with E-state index < -0.39 is 0 Å². The van der Waals surface area contributed by atoms with Crippen molar-refractivity contribution in [3.05, 3.63) is 89.0 Å². The van der Waals surface area contributed by atoms with Crippen LogP contribution in [0.25, 0.3) is 17.1 Å². The molecule has 0 aliphatic rings. The van der Waals surface area contributed by atoms with Gasteiger partial charge in [0, 0.05) is 16.9 Å². The number of aromatic nitrogens is 3. The number of nitrogens with zero attached hydrogens (tertiary/aromatic N) is 3. The highest BCUT2D eigenvalue weighted by Gasteiger charge is 2.17. The predicted octanol–water partition coefficient (Wildman–Crippen LogP) is 5.90. The van der Waals surface area contributed by atoms with E-state index in [4.69, 9.17) is 0 Å². The number of thioether (sulfide) groups is 1. The Bertz CT molecular complexity index is 1240. The largest absolute Gasteiger partial charge is 0.325 e. The minimum Gasteiger partial charge on any atom is -0.325 e. The first-order valence-corrected chi connectivity index (χ1v) is 11.5. The third-order valence-electron chi connectivity index (χ3n) is 5.22. The lowest BCUT2D eigenvalue weighted by Gasteiger charge is -2.12. The van der Waals surface area contributed by atoms with Crippen LogP contribution in [0.1, 0.15) is 22.3 Å². The van der Waals surface area contributed by atoms with E-state index >= 15 is 0 Å². The third kappa shape index (κ3) is 4.92. The van der Waals surface area contributed by atoms with Gasteiger partial charge < -0.3 is 5.32 Å². The van der Waals surface area contributed by atoms with Gasteiger partial charge in [0.25, 0.3) is 0 Å². The fraction of sp³-hybridized carbons (Fsp3) is 0.192. The van der Waals surface area contributed by atoms with Crippen LogP contribution in [-0.2, 0) is 4.79 Å². The molecule has 4 rings (SSSR count). The van der Waals surface area contributed by atoms with Crippen molar-refractivity contribution >= 4 is 23.4 Å². The number of benzene rings is 3. The van der Waals surface area contributed by atoms with Gasteiger partial charge in [-0.2, -0.15) is 0 Å². The van der Waals surface area contributed by atoms with Crippen molar-refractivity contribution in [2.24, 2.45) is 0 Å². The maximum atomic E-state index is 12.6. The van der Waals surface area contributed by atoms with Gasteiger partial charge in [0.15, 0.2) is 11.0 Å². The molecule has 0 fully saturated rings. The highest BCUT2D eigenvalue weighted by atomic mass is 32.2. The average Bonchev–Trinajstić information content (AvgIpc) is 3.19. The number of hydrogen-bond donors (Lipinski definition) is 1. The molecule has 0 bridgehead atoms. The maximum Gasteiger partial charge on any atom is 0.234 e. The highest BCUT2D eigenvalue weighted by Crippen LogP contribution is 2.28. The van der Waals surface area contributed by atoms with E-state index in [9.17, 15) is 4.79 Å². The monoisotopic (exact) mass is 442 g/mol. The average molecular weight is 443 g/mol. The molecule has 0 aliphatic carbocycles. The molecule has 3 aromatic carbocycles. The van der Waals surface area contributed by atoms with E-state index in [1.54, 1.807) is 0 Å². The number of hydrogen-bond acceptors (Lipinski definition) is 4. The van der Waals surface area contributed by atoms with Crippen LogP contribution in [0.3, 0.4) is 0 Å². The van der Waals surface area contributed by atoms with Gasteiger partial charge in [-0.25, -0.2) is 0 Å². The molecule has 1 N–H and O–H groups in total. The third-order valence-corrected chi connectivity index (χ3v) is 6.15. The summed E-state index contributed by atoms with van der Waals surface area (Å²) in [5.41, 5.74) is 7.37. The van der Waals surface area contributed by atoms with E-state index in [-0.39, 0.29) is 11.7 Å². The lowest BCUT2D eigenvalue weighted by Crippen LogP contribution is -2.15. The Morgan fingerprint density at radius 1 is 0.844 bits per heavy atom. The predicted molar refractivity (Wildman–Crippen MR) is 132 cm³/mol. The number of nitrogens with one attached hydrogen (secondary N) is 1. The Labute approximate surface area is 192 Å². The number of aryl methyl sites for hydroxylation is 4. The number of carbonyl (C=O) groups excluding carboxylic acids is 1. The fourth-order valence-corrected chi connectivity index (χ4v) is 4.20. The van der Waals surface area contributed by atoms with Crippen molar-refractivity contribution in [2.75, 3.05) is 11.1 Å². The molecular weight excluding hydrogens is 416 g/mol. The number of anilines is 1. The second-order valence-electron chi connectivity index (χ2n) is 8.00. The van der Waals surface area contributed by atoms with Crippen LogP contribution in [0.4, 0.5) is 5.69 Å². The summed E-state index contributed by atoms with van der Waals surface area (Å²) in [6, 6.07) is 22.5. The van der Waals surface area contributed by atoms with E-state index in [0.717, 1.165) is 28.3 Å². The standard InChI is InChI=1S/C26H26N4OS/c1-17-5-10-21(11-6-17)25-28-29-26(30(25)22-12-7-18(2)8-13-22)32-16-24(31)27-23-14-9-19(3)15-20(23)4/h5-15H,16H2,1-4H3,(H,27,31). The highest BCUT2D eigenvalue weighted by molar-refractivity contribution is 7.99. The van der Waals surface area contributed by atoms with Crippen LogP contribution < -0.4 is 5.32 Å². The second kappa shape index (κ2) is 9.40. The van der Waals surface area contributed by atoms with Crippen molar-refractivity contribution in [3.63, 3.8) is 0 Å². The lowest BCUT2D eigenvalue weighted by molar-refractivity contribution is -0.113. The molecule has 0 spiro atoms. The molecule has 0 radical (unpaired) electrons. The smallest absolute Gasteiger partial charge is 0.234 e. The van der Waals surface area contributed by atoms with Gasteiger partial charge >= 0.3 is 0 Å². The molecule has 0 unspecified atom stereocenters. The molecule has 6 heteroatoms. The van der Waals surface area contributed by atoms with E-state index in [2.05, 4.69) is 71.8 Å². The zero-order valence-electron chi connectivity index (χ0n) is 18.7. The summed E-state index contributed by atoms with van der Waals surface area (Å²) >= 11 is 1.38. The first-order valence-electron chi connectivity index (χ1n) is 10.5. The molecule has 4 aromatic rings. The Hall–Kier alpha value is -3.38. The summed E-state index contributed by atoms with van der Waals surface area (Å²) in [6.07, 6.45) is 0. The first kappa shape index (κ1) is 21.8. The summed E-state index contributed by atoms with van der Waals surface area (Å²) < 4.78 is 2.01. The lowest BCUT2D eigenvalue weighted by atomic mass is 10.1. The van der Waals surface area contributed by atoms with Gasteiger partial charge in [-0.3, -0.25) is 9.36 Å². The van der Waals surface area contributed by atoms with Crippen LogP contribution in [-0.4, -0.2) is 26.4 Å². The van der Waals surface area contributed by atoms with Crippen molar-refractivity contribution in [1.82, 2.24) is 14.8 Å². The summed E-state index contributed by atoms with van der Waals surface area (Å²) in [5, 5.41) is 12.6. The minimum absolute atomic E-state index is 0.0719. The molecule has 5 nitrogen and oxygen atoms in total. The van der Waals surface area contributed by atoms with Crippen molar-refractivity contribution in [3.8, 4) is 17.1 Å². The Morgan fingerprint density at radius 3 is 2.12 bits per heavy atom. The van der Waals surface area contributed by atoms with Crippen LogP contribution in [0.5, 0.6) is 0 Å². The Morgan fingerprint density at radius 2 is 1.47 bits per heavy atom. The van der Waals surface area contributed by atoms with Crippen LogP contribution in [0.2, 0.25) is 0 Å². The quantitative estimate of drug-likeness (QED) is 0.378. The van der Waals surface area contributed by atoms with Crippen molar-refractivity contribution < 1.29 is 4.79 Å². The van der Waals surface area contributed by atoms with E-state index in [1.807, 2.05) is 42.7 Å². The molecule has 1 amide bonds. The van der Waals surface area contributed by atoms with E-state index in [0.29, 0.717) is 5.16 Å². The number of rotatable bonds is 6. The SMILES string of the molecule is Cc1ccc(-c2nnc(SCC(=O)Nc3ccc(C)cc3C)n2-c2ccc(C)cc2)cc1. The van der Waals surface area contributed by atoms with Gasteiger partial charge in [-0.1, -0.05) is 77.0 Å². The second-order valence-corrected chi connectivity index (χ2v) is 8.94. The molecule has 0 saturated carbocycles. The maximum absolute atomic E-state index is 12.6. The van der Waals surface area contributed by atoms with Gasteiger partial charge in [0.05, 0.1) is 5.75 Å². The Balaban J connectivity index is 1.60. The normalized spacial score (nSPS) is 10.9. The summed E-state index contributed by atoms with van der Waals surface area (Å²) in [4.78, 5) is 12.6. The summed E-state index contributed by atoms with van der Waals surface area (Å²) in [7, 11) is 0. The van der Waals surface area contributed by atoms with Gasteiger partial charge in [0.1, 0.15) is 0 Å². The van der Waals surface area contributed by atoms with Crippen molar-refractivity contribution in [1.29, 1.82) is 0 Å². The number of carbonyl (C=O) groups is 1. The molecule has 0 saturated heterocycles. The molecule has 0 atom stereocenters. The zero-order valence-corrected chi connectivity index (χ0v) is 19.5.